The summed E-state index contributed by atoms with van der Waals surface area (Å²) < 4.78 is 0. The zero-order valence-corrected chi connectivity index (χ0v) is 10.4. The van der Waals surface area contributed by atoms with Gasteiger partial charge in [0.15, 0.2) is 0 Å². The SMILES string of the molecule is CCCC1CCCN(Cc2ccccc2)C1. The number of rotatable bonds is 4. The Hall–Kier alpha value is -0.820. The summed E-state index contributed by atoms with van der Waals surface area (Å²) in [6.45, 7) is 6.04. The molecule has 1 aliphatic heterocycles. The summed E-state index contributed by atoms with van der Waals surface area (Å²) in [5.74, 6) is 0.947. The third-order valence-electron chi connectivity index (χ3n) is 3.55. The van der Waals surface area contributed by atoms with Gasteiger partial charge in [-0.1, -0.05) is 43.7 Å². The molecule has 0 aliphatic carbocycles. The minimum atomic E-state index is 0.947. The first-order valence-electron chi connectivity index (χ1n) is 6.64. The second-order valence-corrected chi connectivity index (χ2v) is 5.02. The summed E-state index contributed by atoms with van der Waals surface area (Å²) in [5.41, 5.74) is 1.46. The van der Waals surface area contributed by atoms with Crippen molar-refractivity contribution in [1.29, 1.82) is 0 Å². The maximum Gasteiger partial charge on any atom is 0.0233 e. The summed E-state index contributed by atoms with van der Waals surface area (Å²) >= 11 is 0. The van der Waals surface area contributed by atoms with E-state index >= 15 is 0 Å². The topological polar surface area (TPSA) is 3.24 Å². The molecule has 1 saturated heterocycles. The van der Waals surface area contributed by atoms with Crippen LogP contribution in [-0.4, -0.2) is 18.0 Å². The Labute approximate surface area is 99.5 Å². The lowest BCUT2D eigenvalue weighted by Gasteiger charge is -2.32. The molecule has 1 heteroatoms. The number of likely N-dealkylation sites (tertiary alicyclic amines) is 1. The van der Waals surface area contributed by atoms with E-state index in [1.165, 1.54) is 44.3 Å². The van der Waals surface area contributed by atoms with Crippen LogP contribution >= 0.6 is 0 Å². The quantitative estimate of drug-likeness (QED) is 0.743. The van der Waals surface area contributed by atoms with Crippen LogP contribution in [0.15, 0.2) is 30.3 Å². The van der Waals surface area contributed by atoms with Gasteiger partial charge >= 0.3 is 0 Å². The minimum absolute atomic E-state index is 0.947. The summed E-state index contributed by atoms with van der Waals surface area (Å²) in [6, 6.07) is 10.9. The van der Waals surface area contributed by atoms with E-state index in [1.54, 1.807) is 0 Å². The molecule has 0 N–H and O–H groups in total. The van der Waals surface area contributed by atoms with Crippen LogP contribution in [0.5, 0.6) is 0 Å². The summed E-state index contributed by atoms with van der Waals surface area (Å²) in [4.78, 5) is 2.62. The summed E-state index contributed by atoms with van der Waals surface area (Å²) in [7, 11) is 0. The van der Waals surface area contributed by atoms with Gasteiger partial charge in [-0.3, -0.25) is 4.90 Å². The normalized spacial score (nSPS) is 22.2. The average molecular weight is 217 g/mol. The first kappa shape index (κ1) is 11.7. The molecule has 0 amide bonds. The van der Waals surface area contributed by atoms with Crippen molar-refractivity contribution in [3.8, 4) is 0 Å². The van der Waals surface area contributed by atoms with Crippen molar-refractivity contribution in [1.82, 2.24) is 4.90 Å². The van der Waals surface area contributed by atoms with Gasteiger partial charge in [0, 0.05) is 13.1 Å². The fraction of sp³-hybridized carbons (Fsp3) is 0.600. The fourth-order valence-electron chi connectivity index (χ4n) is 2.78. The molecule has 0 spiro atoms. The zero-order valence-electron chi connectivity index (χ0n) is 10.4. The van der Waals surface area contributed by atoms with E-state index in [9.17, 15) is 0 Å². The van der Waals surface area contributed by atoms with E-state index < -0.39 is 0 Å². The average Bonchev–Trinajstić information content (AvgIpc) is 2.31. The number of benzene rings is 1. The van der Waals surface area contributed by atoms with Gasteiger partial charge in [-0.05, 0) is 37.3 Å². The Bertz CT molecular complexity index is 292. The maximum atomic E-state index is 2.62. The third kappa shape index (κ3) is 3.34. The lowest BCUT2D eigenvalue weighted by Crippen LogP contribution is -2.34. The zero-order chi connectivity index (χ0) is 11.2. The molecule has 1 aromatic rings. The fourth-order valence-corrected chi connectivity index (χ4v) is 2.78. The molecule has 0 saturated carbocycles. The molecule has 1 aliphatic rings. The second kappa shape index (κ2) is 6.05. The van der Waals surface area contributed by atoms with Crippen LogP contribution in [0.25, 0.3) is 0 Å². The van der Waals surface area contributed by atoms with E-state index in [1.807, 2.05) is 0 Å². The van der Waals surface area contributed by atoms with E-state index in [-0.39, 0.29) is 0 Å². The van der Waals surface area contributed by atoms with E-state index in [2.05, 4.69) is 42.2 Å². The molecule has 1 atom stereocenters. The maximum absolute atomic E-state index is 2.62. The smallest absolute Gasteiger partial charge is 0.0233 e. The highest BCUT2D eigenvalue weighted by Crippen LogP contribution is 2.22. The third-order valence-corrected chi connectivity index (χ3v) is 3.55. The molecule has 0 radical (unpaired) electrons. The minimum Gasteiger partial charge on any atom is -0.299 e. The molecule has 16 heavy (non-hydrogen) atoms. The second-order valence-electron chi connectivity index (χ2n) is 5.02. The van der Waals surface area contributed by atoms with Crippen LogP contribution in [0.4, 0.5) is 0 Å². The Morgan fingerprint density at radius 1 is 1.25 bits per heavy atom. The van der Waals surface area contributed by atoms with Crippen molar-refractivity contribution in [2.75, 3.05) is 13.1 Å². The van der Waals surface area contributed by atoms with Gasteiger partial charge in [0.1, 0.15) is 0 Å². The van der Waals surface area contributed by atoms with Crippen LogP contribution in [0, 0.1) is 5.92 Å². The highest BCUT2D eigenvalue weighted by atomic mass is 15.1. The van der Waals surface area contributed by atoms with Crippen molar-refractivity contribution in [2.45, 2.75) is 39.2 Å². The van der Waals surface area contributed by atoms with Crippen molar-refractivity contribution in [2.24, 2.45) is 5.92 Å². The first-order chi connectivity index (χ1) is 7.88. The van der Waals surface area contributed by atoms with Gasteiger partial charge in [-0.2, -0.15) is 0 Å². The molecule has 1 fully saturated rings. The van der Waals surface area contributed by atoms with Gasteiger partial charge < -0.3 is 0 Å². The Morgan fingerprint density at radius 3 is 2.81 bits per heavy atom. The predicted octanol–water partition coefficient (Wildman–Crippen LogP) is 3.70. The number of piperidine rings is 1. The summed E-state index contributed by atoms with van der Waals surface area (Å²) in [6.07, 6.45) is 5.58. The van der Waals surface area contributed by atoms with Crippen molar-refractivity contribution in [3.63, 3.8) is 0 Å². The molecular formula is C15H23N. The van der Waals surface area contributed by atoms with Crippen LogP contribution in [0.3, 0.4) is 0 Å². The molecular weight excluding hydrogens is 194 g/mol. The van der Waals surface area contributed by atoms with Crippen LogP contribution in [0.1, 0.15) is 38.2 Å². The van der Waals surface area contributed by atoms with Crippen molar-refractivity contribution < 1.29 is 0 Å². The lowest BCUT2D eigenvalue weighted by atomic mass is 9.93. The molecule has 0 bridgehead atoms. The van der Waals surface area contributed by atoms with Crippen LogP contribution < -0.4 is 0 Å². The van der Waals surface area contributed by atoms with Gasteiger partial charge in [0.2, 0.25) is 0 Å². The molecule has 0 aromatic heterocycles. The van der Waals surface area contributed by atoms with E-state index in [0.29, 0.717) is 0 Å². The Kier molecular flexibility index (Phi) is 4.41. The molecule has 1 unspecified atom stereocenters. The molecule has 1 aromatic carbocycles. The molecule has 2 rings (SSSR count). The van der Waals surface area contributed by atoms with Gasteiger partial charge in [0.05, 0.1) is 0 Å². The Morgan fingerprint density at radius 2 is 2.06 bits per heavy atom. The molecule has 1 nitrogen and oxygen atoms in total. The van der Waals surface area contributed by atoms with Crippen LogP contribution in [-0.2, 0) is 6.54 Å². The van der Waals surface area contributed by atoms with Crippen molar-refractivity contribution in [3.05, 3.63) is 35.9 Å². The van der Waals surface area contributed by atoms with Gasteiger partial charge in [0.25, 0.3) is 0 Å². The molecule has 1 heterocycles. The largest absolute Gasteiger partial charge is 0.299 e. The van der Waals surface area contributed by atoms with Crippen molar-refractivity contribution >= 4 is 0 Å². The van der Waals surface area contributed by atoms with E-state index in [4.69, 9.17) is 0 Å². The lowest BCUT2D eigenvalue weighted by molar-refractivity contribution is 0.161. The number of hydrogen-bond donors (Lipinski definition) is 0. The highest BCUT2D eigenvalue weighted by molar-refractivity contribution is 5.14. The standard InChI is InChI=1S/C15H23N/c1-2-7-14-10-6-11-16(12-14)13-15-8-4-3-5-9-15/h3-5,8-9,14H,2,6-7,10-13H2,1H3. The van der Waals surface area contributed by atoms with E-state index in [0.717, 1.165) is 12.5 Å². The number of nitrogens with zero attached hydrogens (tertiary/aromatic N) is 1. The van der Waals surface area contributed by atoms with Crippen LogP contribution in [0.2, 0.25) is 0 Å². The number of hydrogen-bond acceptors (Lipinski definition) is 1. The highest BCUT2D eigenvalue weighted by Gasteiger charge is 2.18. The summed E-state index contributed by atoms with van der Waals surface area (Å²) in [5, 5.41) is 0. The van der Waals surface area contributed by atoms with Gasteiger partial charge in [-0.25, -0.2) is 0 Å². The monoisotopic (exact) mass is 217 g/mol. The van der Waals surface area contributed by atoms with Gasteiger partial charge in [-0.15, -0.1) is 0 Å². The molecule has 88 valence electrons. The predicted molar refractivity (Wildman–Crippen MR) is 69.4 cm³/mol. The Balaban J connectivity index is 1.85. The first-order valence-corrected chi connectivity index (χ1v) is 6.64.